The van der Waals surface area contributed by atoms with Gasteiger partial charge in [-0.15, -0.1) is 0 Å². The second-order valence-corrected chi connectivity index (χ2v) is 5.38. The summed E-state index contributed by atoms with van der Waals surface area (Å²) >= 11 is 0. The first-order chi connectivity index (χ1) is 8.99. The SMILES string of the molecule is COC1=CC(=O)C([O])(CCC(C)C)c2ccccc21. The van der Waals surface area contributed by atoms with Gasteiger partial charge in [-0.05, 0) is 18.8 Å². The highest BCUT2D eigenvalue weighted by Gasteiger charge is 2.43. The van der Waals surface area contributed by atoms with Crippen LogP contribution in [0, 0.1) is 5.92 Å². The molecule has 0 N–H and O–H groups in total. The van der Waals surface area contributed by atoms with E-state index < -0.39 is 11.4 Å². The zero-order valence-corrected chi connectivity index (χ0v) is 11.6. The number of ether oxygens (including phenoxy) is 1. The van der Waals surface area contributed by atoms with Crippen LogP contribution in [0.15, 0.2) is 30.3 Å². The summed E-state index contributed by atoms with van der Waals surface area (Å²) in [7, 11) is 1.52. The highest BCUT2D eigenvalue weighted by atomic mass is 16.5. The predicted molar refractivity (Wildman–Crippen MR) is 72.9 cm³/mol. The normalized spacial score (nSPS) is 22.2. The van der Waals surface area contributed by atoms with E-state index >= 15 is 0 Å². The molecule has 0 bridgehead atoms. The fourth-order valence-corrected chi connectivity index (χ4v) is 2.41. The van der Waals surface area contributed by atoms with E-state index in [-0.39, 0.29) is 0 Å². The van der Waals surface area contributed by atoms with E-state index in [2.05, 4.69) is 13.8 Å². The van der Waals surface area contributed by atoms with E-state index in [1.165, 1.54) is 13.2 Å². The Hall–Kier alpha value is -1.61. The molecule has 1 aromatic rings. The molecule has 1 aromatic carbocycles. The minimum Gasteiger partial charge on any atom is -0.496 e. The Morgan fingerprint density at radius 2 is 1.95 bits per heavy atom. The summed E-state index contributed by atoms with van der Waals surface area (Å²) in [6, 6.07) is 7.23. The van der Waals surface area contributed by atoms with Crippen molar-refractivity contribution in [3.05, 3.63) is 41.5 Å². The van der Waals surface area contributed by atoms with Crippen LogP contribution in [-0.4, -0.2) is 12.9 Å². The topological polar surface area (TPSA) is 46.2 Å². The van der Waals surface area contributed by atoms with Crippen molar-refractivity contribution in [2.24, 2.45) is 5.92 Å². The number of carbonyl (C=O) groups excluding carboxylic acids is 1. The Balaban J connectivity index is 2.46. The molecule has 0 amide bonds. The second-order valence-electron chi connectivity index (χ2n) is 5.38. The summed E-state index contributed by atoms with van der Waals surface area (Å²) in [5.41, 5.74) is -0.383. The molecule has 101 valence electrons. The van der Waals surface area contributed by atoms with E-state index in [1.807, 2.05) is 12.1 Å². The van der Waals surface area contributed by atoms with Crippen LogP contribution < -0.4 is 0 Å². The fourth-order valence-electron chi connectivity index (χ4n) is 2.41. The molecule has 1 aliphatic carbocycles. The van der Waals surface area contributed by atoms with Crippen molar-refractivity contribution < 1.29 is 14.6 Å². The van der Waals surface area contributed by atoms with Crippen molar-refractivity contribution in [2.45, 2.75) is 32.3 Å². The first-order valence-electron chi connectivity index (χ1n) is 6.59. The summed E-state index contributed by atoms with van der Waals surface area (Å²) in [6.45, 7) is 4.11. The lowest BCUT2D eigenvalue weighted by Gasteiger charge is -2.30. The highest BCUT2D eigenvalue weighted by Crippen LogP contribution is 2.39. The van der Waals surface area contributed by atoms with Crippen molar-refractivity contribution in [2.75, 3.05) is 7.11 Å². The third-order valence-corrected chi connectivity index (χ3v) is 3.58. The smallest absolute Gasteiger partial charge is 0.199 e. The summed E-state index contributed by atoms with van der Waals surface area (Å²) in [5.74, 6) is 0.485. The monoisotopic (exact) mass is 259 g/mol. The Morgan fingerprint density at radius 1 is 1.26 bits per heavy atom. The number of rotatable bonds is 4. The zero-order valence-electron chi connectivity index (χ0n) is 11.6. The number of methoxy groups -OCH3 is 1. The maximum Gasteiger partial charge on any atom is 0.199 e. The molecule has 2 rings (SSSR count). The lowest BCUT2D eigenvalue weighted by molar-refractivity contribution is -0.143. The number of hydrogen-bond acceptors (Lipinski definition) is 2. The molecule has 19 heavy (non-hydrogen) atoms. The van der Waals surface area contributed by atoms with Gasteiger partial charge in [-0.2, -0.15) is 0 Å². The molecule has 1 atom stereocenters. The fraction of sp³-hybridized carbons (Fsp3) is 0.438. The molecular weight excluding hydrogens is 240 g/mol. The molecule has 3 heteroatoms. The van der Waals surface area contributed by atoms with Gasteiger partial charge in [0.2, 0.25) is 0 Å². The molecule has 0 heterocycles. The van der Waals surface area contributed by atoms with Crippen LogP contribution in [0.3, 0.4) is 0 Å². The number of hydrogen-bond donors (Lipinski definition) is 0. The minimum atomic E-state index is -1.66. The average molecular weight is 259 g/mol. The van der Waals surface area contributed by atoms with Crippen LogP contribution in [0.1, 0.15) is 37.8 Å². The van der Waals surface area contributed by atoms with Crippen LogP contribution in [0.25, 0.3) is 5.76 Å². The van der Waals surface area contributed by atoms with Crippen molar-refractivity contribution in [3.8, 4) is 0 Å². The number of carbonyl (C=O) groups is 1. The Bertz CT molecular complexity index is 516. The van der Waals surface area contributed by atoms with Gasteiger partial charge in [0.25, 0.3) is 0 Å². The standard InChI is InChI=1S/C16H19O3/c1-11(2)8-9-16(18)13-7-5-4-6-12(13)14(19-3)10-15(16)17/h4-7,10-11H,8-9H2,1-3H3. The van der Waals surface area contributed by atoms with Crippen molar-refractivity contribution >= 4 is 11.5 Å². The minimum absolute atomic E-state index is 0.327. The van der Waals surface area contributed by atoms with Crippen LogP contribution >= 0.6 is 0 Å². The van der Waals surface area contributed by atoms with Crippen LogP contribution in [0.4, 0.5) is 0 Å². The molecule has 1 unspecified atom stereocenters. The third-order valence-electron chi connectivity index (χ3n) is 3.58. The van der Waals surface area contributed by atoms with Crippen molar-refractivity contribution in [1.82, 2.24) is 0 Å². The van der Waals surface area contributed by atoms with Gasteiger partial charge in [0.15, 0.2) is 11.4 Å². The van der Waals surface area contributed by atoms with E-state index in [1.54, 1.807) is 12.1 Å². The van der Waals surface area contributed by atoms with E-state index in [4.69, 9.17) is 4.74 Å². The molecule has 0 saturated carbocycles. The van der Waals surface area contributed by atoms with Crippen LogP contribution in [-0.2, 0) is 20.2 Å². The third kappa shape index (κ3) is 2.43. The molecule has 0 aliphatic heterocycles. The summed E-state index contributed by atoms with van der Waals surface area (Å²) in [5, 5.41) is 13.0. The number of benzene rings is 1. The average Bonchev–Trinajstić information content (AvgIpc) is 2.41. The van der Waals surface area contributed by atoms with Crippen LogP contribution in [0.5, 0.6) is 0 Å². The second kappa shape index (κ2) is 5.17. The Kier molecular flexibility index (Phi) is 3.76. The predicted octanol–water partition coefficient (Wildman–Crippen LogP) is 3.32. The summed E-state index contributed by atoms with van der Waals surface area (Å²) < 4.78 is 5.21. The lowest BCUT2D eigenvalue weighted by atomic mass is 9.77. The van der Waals surface area contributed by atoms with E-state index in [0.29, 0.717) is 23.7 Å². The first kappa shape index (κ1) is 13.8. The van der Waals surface area contributed by atoms with Gasteiger partial charge in [0.1, 0.15) is 5.76 Å². The van der Waals surface area contributed by atoms with Gasteiger partial charge in [-0.25, -0.2) is 5.11 Å². The molecule has 1 aliphatic rings. The number of ketones is 1. The number of fused-ring (bicyclic) bond motifs is 1. The molecule has 0 spiro atoms. The van der Waals surface area contributed by atoms with Gasteiger partial charge < -0.3 is 4.74 Å². The van der Waals surface area contributed by atoms with E-state index in [9.17, 15) is 9.90 Å². The highest BCUT2D eigenvalue weighted by molar-refractivity contribution is 6.05. The Labute approximate surface area is 113 Å². The van der Waals surface area contributed by atoms with Gasteiger partial charge in [-0.3, -0.25) is 4.79 Å². The van der Waals surface area contributed by atoms with Crippen molar-refractivity contribution in [1.29, 1.82) is 0 Å². The first-order valence-corrected chi connectivity index (χ1v) is 6.59. The Morgan fingerprint density at radius 3 is 2.58 bits per heavy atom. The molecule has 0 fully saturated rings. The van der Waals surface area contributed by atoms with Gasteiger partial charge >= 0.3 is 0 Å². The maximum absolute atomic E-state index is 13.0. The zero-order chi connectivity index (χ0) is 14.0. The van der Waals surface area contributed by atoms with E-state index in [0.717, 1.165) is 12.0 Å². The summed E-state index contributed by atoms with van der Waals surface area (Å²) in [6.07, 6.45) is 2.41. The summed E-state index contributed by atoms with van der Waals surface area (Å²) in [4.78, 5) is 12.2. The quantitative estimate of drug-likeness (QED) is 0.832. The molecule has 0 aromatic heterocycles. The largest absolute Gasteiger partial charge is 0.496 e. The molecule has 3 nitrogen and oxygen atoms in total. The molecule has 1 radical (unpaired) electrons. The van der Waals surface area contributed by atoms with Crippen molar-refractivity contribution in [3.63, 3.8) is 0 Å². The van der Waals surface area contributed by atoms with Gasteiger partial charge in [0, 0.05) is 17.2 Å². The lowest BCUT2D eigenvalue weighted by Crippen LogP contribution is -2.37. The van der Waals surface area contributed by atoms with Crippen LogP contribution in [0.2, 0.25) is 0 Å². The molecule has 0 saturated heterocycles. The maximum atomic E-state index is 13.0. The molecular formula is C16H19O3. The van der Waals surface area contributed by atoms with Gasteiger partial charge in [-0.1, -0.05) is 38.1 Å². The van der Waals surface area contributed by atoms with Gasteiger partial charge in [0.05, 0.1) is 7.11 Å².